The number of dihydropyridines is 1. The topological polar surface area (TPSA) is 390 Å². The van der Waals surface area contributed by atoms with Crippen LogP contribution < -0.4 is 27.2 Å². The number of primary amides is 1. The Morgan fingerprint density at radius 1 is 0.588 bits per heavy atom. The van der Waals surface area contributed by atoms with Gasteiger partial charge in [0.2, 0.25) is 5.95 Å². The van der Waals surface area contributed by atoms with Crippen molar-refractivity contribution in [3.8, 4) is 33.8 Å². The van der Waals surface area contributed by atoms with Crippen LogP contribution in [0.1, 0.15) is 195 Å². The van der Waals surface area contributed by atoms with Crippen LogP contribution in [0.3, 0.4) is 0 Å². The van der Waals surface area contributed by atoms with Gasteiger partial charge >= 0.3 is 12.4 Å². The van der Waals surface area contributed by atoms with Gasteiger partial charge in [0.1, 0.15) is 11.4 Å². The standard InChI is InChI=1S/C24H20F6N8.C21H22N6O.C21H21N5O.C19H22N6O/c1-10-14(23(25,26)27)9-31-22(33-10)35-21-18(20(37-38-21)24(28,29)30)19-12-5-3-2-4-11(12)17-13-8-32-36-15(13)6-7-16(17)34-19;1-11-14(10-22-24-11)19-13-7-5-4-6-12(13)17-15(23-19)8-9-16-18(17)20(26-25-16)21(28)27(2)3;1-3-17(27)21-19-16(25-26-21)9-8-15-18(19)12-6-4-5-7-13(12)20(23-15)14-10-22-24-11(14)2;1-9-12(8-21-23-9)17-11-5-3-2-4-10(11)15-13(22-17)6-7-14-16(15)18(19(20)26)25-24-14/h6-9,13,15,36H,2-5H2,1H3,(H2,31,33,35,37,38);8-10H,4-7H2,1-3H3,(H,22,24)(H,25,26);8-10H,3-7H2,1-2H3,(H,22,24)(H,25,26);6-8,14,16-17,22,24H,2-5H2,1H3,(H2,20,26)(H,21,23). The average Bonchev–Trinajstić information content (AvgIpc) is 1.68. The number of allylic oxidation sites excluding steroid dienone is 2. The molecule has 9 aliphatic rings. The molecule has 3 aliphatic heterocycles. The maximum Gasteiger partial charge on any atom is 0.433 e. The smallest absolute Gasteiger partial charge is 0.374 e. The number of alkyl halides is 6. The van der Waals surface area contributed by atoms with Crippen molar-refractivity contribution < 1.29 is 40.7 Å². The van der Waals surface area contributed by atoms with Gasteiger partial charge in [-0.1, -0.05) is 19.1 Å². The molecule has 12 N–H and O–H groups in total. The van der Waals surface area contributed by atoms with Gasteiger partial charge in [-0.15, -0.1) is 0 Å². The molecular formula is C85H85F6N25O3. The summed E-state index contributed by atoms with van der Waals surface area (Å²) in [5, 5.41) is 61.0. The Bertz CT molecular complexity index is 6350. The lowest BCUT2D eigenvalue weighted by Crippen LogP contribution is -2.42. The van der Waals surface area contributed by atoms with E-state index in [1.807, 2.05) is 74.8 Å². The highest BCUT2D eigenvalue weighted by Crippen LogP contribution is 2.51. The van der Waals surface area contributed by atoms with Crippen molar-refractivity contribution >= 4 is 91.0 Å². The molecule has 2 amide bonds. The Hall–Kier alpha value is -13.0. The number of H-pyrrole nitrogens is 6. The molecule has 6 aliphatic carbocycles. The largest absolute Gasteiger partial charge is 0.433 e. The molecule has 2 aromatic carbocycles. The van der Waals surface area contributed by atoms with E-state index in [9.17, 15) is 40.7 Å². The number of aromatic nitrogens is 17. The first-order valence-corrected chi connectivity index (χ1v) is 40.2. The first kappa shape index (κ1) is 77.2. The number of aryl methyl sites for hydroxylation is 6. The van der Waals surface area contributed by atoms with Gasteiger partial charge in [0.05, 0.1) is 104 Å². The van der Waals surface area contributed by atoms with Crippen molar-refractivity contribution in [2.75, 3.05) is 19.4 Å². The number of nitrogens with two attached hydrogens (primary N) is 1. The lowest BCUT2D eigenvalue weighted by atomic mass is 9.71. The molecule has 10 aromatic heterocycles. The second-order valence-corrected chi connectivity index (χ2v) is 31.7. The minimum atomic E-state index is -4.80. The fraction of sp³-hybridized carbons (Fsp3) is 0.365. The zero-order valence-corrected chi connectivity index (χ0v) is 66.2. The number of Topliss-reactive ketones (excluding diaryl/α,β-unsaturated/α-hetero) is 1. The number of amides is 2. The SMILES string of the molecule is CCC(=O)c1n[nH]c2ccc3nc(-c4cn[nH]c4C)c4c(c3c12)CCCC4.Cc1[nH]ncc1-c1nc2ccc3[nH]nc(C(=O)N(C)C)c3c2c2c1CCCC2.Cc1[nH]ncc1C1NC2=C(C3=C1CCCC3)C1C(C(N)=O)=NNC1C=C2.Cc1nc(Nc2n[nH]c(C(F)(F)F)c2-c2nc3c(c4c2CCCC4)C2C=NNC2C=C3)ncc1C(F)(F)F. The Morgan fingerprint density at radius 3 is 1.75 bits per heavy atom. The normalized spacial score (nSPS) is 19.3. The molecule has 34 heteroatoms. The molecule has 28 nitrogen and oxygen atoms in total. The zero-order valence-electron chi connectivity index (χ0n) is 66.2. The molecule has 0 bridgehead atoms. The highest BCUT2D eigenvalue weighted by molar-refractivity contribution is 6.40. The van der Waals surface area contributed by atoms with Crippen LogP contribution in [0.5, 0.6) is 0 Å². The second-order valence-electron chi connectivity index (χ2n) is 31.7. The number of fused-ring (bicyclic) bond motifs is 18. The van der Waals surface area contributed by atoms with E-state index in [2.05, 4.69) is 117 Å². The number of hydrogen-bond donors (Lipinski definition) is 11. The van der Waals surface area contributed by atoms with Gasteiger partial charge in [-0.2, -0.15) is 67.1 Å². The highest BCUT2D eigenvalue weighted by Gasteiger charge is 2.46. The van der Waals surface area contributed by atoms with Crippen LogP contribution in [0.15, 0.2) is 99.9 Å². The average molecular weight is 1620 g/mol. The van der Waals surface area contributed by atoms with Crippen molar-refractivity contribution in [1.29, 1.82) is 0 Å². The molecule has 5 unspecified atom stereocenters. The van der Waals surface area contributed by atoms with Gasteiger partial charge in [-0.25, -0.2) is 24.9 Å². The first-order chi connectivity index (χ1) is 57.4. The Labute approximate surface area is 676 Å². The van der Waals surface area contributed by atoms with E-state index in [0.717, 1.165) is 184 Å². The number of nitrogens with zero attached hydrogens (tertiary/aromatic N) is 14. The maximum atomic E-state index is 14.2. The van der Waals surface area contributed by atoms with Gasteiger partial charge < -0.3 is 32.1 Å². The molecule has 0 radical (unpaired) electrons. The number of benzene rings is 2. The van der Waals surface area contributed by atoms with Crippen molar-refractivity contribution in [1.82, 2.24) is 107 Å². The molecule has 119 heavy (non-hydrogen) atoms. The quantitative estimate of drug-likeness (QED) is 0.0447. The fourth-order valence-corrected chi connectivity index (χ4v) is 18.8. The summed E-state index contributed by atoms with van der Waals surface area (Å²) < 4.78 is 81.9. The van der Waals surface area contributed by atoms with E-state index < -0.39 is 29.5 Å². The van der Waals surface area contributed by atoms with Crippen LogP contribution in [0.2, 0.25) is 0 Å². The zero-order chi connectivity index (χ0) is 82.6. The van der Waals surface area contributed by atoms with E-state index in [0.29, 0.717) is 53.8 Å². The van der Waals surface area contributed by atoms with E-state index in [-0.39, 0.29) is 70.4 Å². The summed E-state index contributed by atoms with van der Waals surface area (Å²) in [4.78, 5) is 61.0. The van der Waals surface area contributed by atoms with Gasteiger partial charge in [0.25, 0.3) is 11.8 Å². The minimum absolute atomic E-state index is 0.000868. The molecule has 0 spiro atoms. The van der Waals surface area contributed by atoms with Crippen LogP contribution in [-0.4, -0.2) is 147 Å². The van der Waals surface area contributed by atoms with Crippen molar-refractivity contribution in [3.05, 3.63) is 185 Å². The molecule has 21 rings (SSSR count). The first-order valence-electron chi connectivity index (χ1n) is 40.2. The summed E-state index contributed by atoms with van der Waals surface area (Å²) in [6, 6.07) is 8.08. The van der Waals surface area contributed by atoms with E-state index in [4.69, 9.17) is 20.7 Å². The maximum absolute atomic E-state index is 14.2. The Balaban J connectivity index is 0.000000110. The van der Waals surface area contributed by atoms with Crippen LogP contribution in [-0.2, 0) is 55.7 Å². The third-order valence-corrected chi connectivity index (χ3v) is 24.4. The Kier molecular flexibility index (Phi) is 19.8. The summed E-state index contributed by atoms with van der Waals surface area (Å²) in [7, 11) is 3.50. The molecule has 5 atom stereocenters. The van der Waals surface area contributed by atoms with Crippen molar-refractivity contribution in [2.24, 2.45) is 21.9 Å². The number of nitrogens with one attached hydrogen (secondary N) is 10. The van der Waals surface area contributed by atoms with Gasteiger partial charge in [-0.05, 0) is 223 Å². The molecule has 0 fully saturated rings. The number of anilines is 2. The van der Waals surface area contributed by atoms with Crippen LogP contribution >= 0.6 is 0 Å². The number of carbonyl (C=O) groups is 3. The summed E-state index contributed by atoms with van der Waals surface area (Å²) in [5.74, 6) is -1.26. The summed E-state index contributed by atoms with van der Waals surface area (Å²) >= 11 is 0. The van der Waals surface area contributed by atoms with Crippen LogP contribution in [0, 0.1) is 33.6 Å². The number of rotatable bonds is 10. The predicted molar refractivity (Wildman–Crippen MR) is 437 cm³/mol. The minimum Gasteiger partial charge on any atom is -0.374 e. The van der Waals surface area contributed by atoms with Crippen molar-refractivity contribution in [3.63, 3.8) is 0 Å². The van der Waals surface area contributed by atoms with E-state index >= 15 is 0 Å². The molecule has 610 valence electrons. The third-order valence-electron chi connectivity index (χ3n) is 24.4. The monoisotopic (exact) mass is 1620 g/mol. The number of hydrazone groups is 2. The highest BCUT2D eigenvalue weighted by atomic mass is 19.4. The molecule has 0 saturated heterocycles. The number of aromatic amines is 6. The van der Waals surface area contributed by atoms with Gasteiger partial charge in [-0.3, -0.25) is 45.0 Å². The lowest BCUT2D eigenvalue weighted by molar-refractivity contribution is -0.141. The fourth-order valence-electron chi connectivity index (χ4n) is 18.8. The number of hydrogen-bond acceptors (Lipinski definition) is 20. The number of carbonyl (C=O) groups excluding carboxylic acids is 3. The summed E-state index contributed by atoms with van der Waals surface area (Å²) in [6.45, 7) is 9.13. The number of halogens is 6. The van der Waals surface area contributed by atoms with Crippen molar-refractivity contribution in [2.45, 2.75) is 180 Å². The van der Waals surface area contributed by atoms with E-state index in [1.165, 1.54) is 57.4 Å². The summed E-state index contributed by atoms with van der Waals surface area (Å²) in [6.07, 6.45) is 22.7. The molecular weight excluding hydrogens is 1530 g/mol. The van der Waals surface area contributed by atoms with E-state index in [1.54, 1.807) is 31.3 Å². The summed E-state index contributed by atoms with van der Waals surface area (Å²) in [5.41, 5.74) is 35.9. The lowest BCUT2D eigenvalue weighted by Gasteiger charge is -2.40. The third kappa shape index (κ3) is 13.6. The number of pyridine rings is 3. The van der Waals surface area contributed by atoms with Crippen LogP contribution in [0.25, 0.3) is 83.5 Å². The van der Waals surface area contributed by atoms with Gasteiger partial charge in [0.15, 0.2) is 23.0 Å². The second kappa shape index (κ2) is 30.5. The molecule has 12 aromatic rings. The molecule has 0 saturated carbocycles. The molecule has 13 heterocycles. The number of ketones is 1. The van der Waals surface area contributed by atoms with Crippen LogP contribution in [0.4, 0.5) is 38.1 Å². The Morgan fingerprint density at radius 2 is 1.17 bits per heavy atom. The van der Waals surface area contributed by atoms with Gasteiger partial charge in [0, 0.05) is 99.9 Å². The predicted octanol–water partition coefficient (Wildman–Crippen LogP) is 14.5.